The van der Waals surface area contributed by atoms with E-state index < -0.39 is 17.8 Å². The number of carbonyl (C=O) groups is 2. The van der Waals surface area contributed by atoms with Crippen LogP contribution in [0, 0.1) is 5.82 Å². The summed E-state index contributed by atoms with van der Waals surface area (Å²) in [4.78, 5) is 28.6. The van der Waals surface area contributed by atoms with E-state index in [1.165, 1.54) is 23.1 Å². The summed E-state index contributed by atoms with van der Waals surface area (Å²) in [5, 5.41) is 9.62. The van der Waals surface area contributed by atoms with E-state index in [9.17, 15) is 19.1 Å². The molecule has 2 amide bonds. The van der Waals surface area contributed by atoms with E-state index in [-0.39, 0.29) is 42.2 Å². The molecule has 0 saturated carbocycles. The smallest absolute Gasteiger partial charge is 0.258 e. The molecule has 2 aliphatic heterocycles. The van der Waals surface area contributed by atoms with Crippen molar-refractivity contribution in [2.24, 2.45) is 0 Å². The van der Waals surface area contributed by atoms with Gasteiger partial charge in [-0.05, 0) is 25.0 Å². The Morgan fingerprint density at radius 3 is 2.69 bits per heavy atom. The zero-order valence-corrected chi connectivity index (χ0v) is 15.1. The van der Waals surface area contributed by atoms with Crippen molar-refractivity contribution in [3.8, 4) is 0 Å². The van der Waals surface area contributed by atoms with Gasteiger partial charge in [0.05, 0.1) is 35.9 Å². The third kappa shape index (κ3) is 4.16. The third-order valence-corrected chi connectivity index (χ3v) is 5.21. The Balaban J connectivity index is 1.71. The predicted octanol–water partition coefficient (Wildman–Crippen LogP) is 1.69. The van der Waals surface area contributed by atoms with Crippen LogP contribution in [0.4, 0.5) is 4.39 Å². The molecule has 3 rings (SSSR count). The fraction of sp³-hybridized carbons (Fsp3) is 0.556. The topological polar surface area (TPSA) is 70.1 Å². The molecule has 142 valence electrons. The summed E-state index contributed by atoms with van der Waals surface area (Å²) >= 11 is 6.01. The second kappa shape index (κ2) is 8.33. The van der Waals surface area contributed by atoms with Gasteiger partial charge in [0.1, 0.15) is 5.82 Å². The molecule has 0 spiro atoms. The van der Waals surface area contributed by atoms with Crippen molar-refractivity contribution < 1.29 is 23.8 Å². The van der Waals surface area contributed by atoms with Crippen LogP contribution in [0.5, 0.6) is 0 Å². The average molecular weight is 385 g/mol. The SMILES string of the molecule is O=C(C[C@H]1COCCN1C(=O)c1c(F)cccc1Cl)N1CCC(O)CC1. The minimum Gasteiger partial charge on any atom is -0.393 e. The van der Waals surface area contributed by atoms with Gasteiger partial charge in [0.15, 0.2) is 0 Å². The van der Waals surface area contributed by atoms with E-state index in [4.69, 9.17) is 16.3 Å². The van der Waals surface area contributed by atoms with E-state index in [2.05, 4.69) is 0 Å². The Morgan fingerprint density at radius 1 is 1.27 bits per heavy atom. The first kappa shape index (κ1) is 19.1. The van der Waals surface area contributed by atoms with Gasteiger partial charge in [-0.15, -0.1) is 0 Å². The molecule has 0 radical (unpaired) electrons. The molecule has 0 bridgehead atoms. The van der Waals surface area contributed by atoms with Gasteiger partial charge in [0.2, 0.25) is 5.91 Å². The molecule has 1 N–H and O–H groups in total. The van der Waals surface area contributed by atoms with Crippen LogP contribution >= 0.6 is 11.6 Å². The standard InChI is InChI=1S/C18H22ClFN2O4/c19-14-2-1-3-15(20)17(14)18(25)22-8-9-26-11-12(22)10-16(24)21-6-4-13(23)5-7-21/h1-3,12-13,23H,4-11H2/t12-/m0/s1. The number of hydrogen-bond donors (Lipinski definition) is 1. The van der Waals surface area contributed by atoms with Gasteiger partial charge >= 0.3 is 0 Å². The van der Waals surface area contributed by atoms with E-state index in [0.29, 0.717) is 32.5 Å². The predicted molar refractivity (Wildman–Crippen MR) is 93.5 cm³/mol. The summed E-state index contributed by atoms with van der Waals surface area (Å²) in [6, 6.07) is 3.64. The van der Waals surface area contributed by atoms with E-state index in [0.717, 1.165) is 0 Å². The monoisotopic (exact) mass is 384 g/mol. The molecular weight excluding hydrogens is 363 g/mol. The third-order valence-electron chi connectivity index (χ3n) is 4.89. The maximum atomic E-state index is 14.1. The molecule has 0 aliphatic carbocycles. The number of amides is 2. The number of likely N-dealkylation sites (tertiary alicyclic amines) is 1. The molecule has 0 aromatic heterocycles. The zero-order chi connectivity index (χ0) is 18.7. The Hall–Kier alpha value is -1.70. The molecule has 2 saturated heterocycles. The molecule has 2 aliphatic rings. The highest BCUT2D eigenvalue weighted by Crippen LogP contribution is 2.24. The lowest BCUT2D eigenvalue weighted by molar-refractivity contribution is -0.135. The molecule has 0 unspecified atom stereocenters. The van der Waals surface area contributed by atoms with Crippen molar-refractivity contribution in [1.29, 1.82) is 0 Å². The van der Waals surface area contributed by atoms with Crippen molar-refractivity contribution in [1.82, 2.24) is 9.80 Å². The molecule has 1 atom stereocenters. The molecule has 2 fully saturated rings. The fourth-order valence-electron chi connectivity index (χ4n) is 3.38. The van der Waals surface area contributed by atoms with E-state index in [1.807, 2.05) is 0 Å². The van der Waals surface area contributed by atoms with Gasteiger partial charge in [-0.1, -0.05) is 17.7 Å². The van der Waals surface area contributed by atoms with Gasteiger partial charge in [0.25, 0.3) is 5.91 Å². The second-order valence-electron chi connectivity index (χ2n) is 6.64. The van der Waals surface area contributed by atoms with Gasteiger partial charge in [0, 0.05) is 26.1 Å². The second-order valence-corrected chi connectivity index (χ2v) is 7.05. The summed E-state index contributed by atoms with van der Waals surface area (Å²) in [5.41, 5.74) is -0.172. The van der Waals surface area contributed by atoms with Crippen molar-refractivity contribution in [3.63, 3.8) is 0 Å². The molecule has 26 heavy (non-hydrogen) atoms. The lowest BCUT2D eigenvalue weighted by Gasteiger charge is -2.37. The number of aliphatic hydroxyl groups is 1. The molecule has 1 aromatic rings. The highest BCUT2D eigenvalue weighted by Gasteiger charge is 2.33. The Morgan fingerprint density at radius 2 is 2.00 bits per heavy atom. The van der Waals surface area contributed by atoms with Crippen LogP contribution in [0.2, 0.25) is 5.02 Å². The quantitative estimate of drug-likeness (QED) is 0.861. The van der Waals surface area contributed by atoms with Crippen molar-refractivity contribution in [3.05, 3.63) is 34.6 Å². The lowest BCUT2D eigenvalue weighted by Crippen LogP contribution is -2.51. The Labute approximate surface area is 156 Å². The zero-order valence-electron chi connectivity index (χ0n) is 14.4. The highest BCUT2D eigenvalue weighted by molar-refractivity contribution is 6.33. The molecule has 8 heteroatoms. The van der Waals surface area contributed by atoms with Gasteiger partial charge < -0.3 is 19.6 Å². The summed E-state index contributed by atoms with van der Waals surface area (Å²) in [6.45, 7) is 1.83. The molecular formula is C18H22ClFN2O4. The van der Waals surface area contributed by atoms with Gasteiger partial charge in [-0.25, -0.2) is 4.39 Å². The normalized spacial score (nSPS) is 21.7. The number of aliphatic hydroxyl groups excluding tert-OH is 1. The largest absolute Gasteiger partial charge is 0.393 e. The lowest BCUT2D eigenvalue weighted by atomic mass is 10.0. The highest BCUT2D eigenvalue weighted by atomic mass is 35.5. The van der Waals surface area contributed by atoms with E-state index >= 15 is 0 Å². The maximum Gasteiger partial charge on any atom is 0.258 e. The van der Waals surface area contributed by atoms with Crippen LogP contribution in [0.15, 0.2) is 18.2 Å². The Bertz CT molecular complexity index is 659. The van der Waals surface area contributed by atoms with Gasteiger partial charge in [-0.3, -0.25) is 9.59 Å². The molecule has 2 heterocycles. The number of benzene rings is 1. The minimum absolute atomic E-state index is 0.0524. The number of rotatable bonds is 3. The summed E-state index contributed by atoms with van der Waals surface area (Å²) < 4.78 is 19.5. The van der Waals surface area contributed by atoms with Crippen molar-refractivity contribution in [2.45, 2.75) is 31.4 Å². The number of piperidine rings is 1. The van der Waals surface area contributed by atoms with Gasteiger partial charge in [-0.2, -0.15) is 0 Å². The van der Waals surface area contributed by atoms with Crippen LogP contribution < -0.4 is 0 Å². The summed E-state index contributed by atoms with van der Waals surface area (Å²) in [6.07, 6.45) is 0.854. The summed E-state index contributed by atoms with van der Waals surface area (Å²) in [5.74, 6) is -1.29. The first-order chi connectivity index (χ1) is 12.5. The number of nitrogens with zero attached hydrogens (tertiary/aromatic N) is 2. The number of carbonyl (C=O) groups excluding carboxylic acids is 2. The number of ether oxygens (including phenoxy) is 1. The van der Waals surface area contributed by atoms with Crippen molar-refractivity contribution >= 4 is 23.4 Å². The van der Waals surface area contributed by atoms with Crippen LogP contribution in [0.3, 0.4) is 0 Å². The number of hydrogen-bond acceptors (Lipinski definition) is 4. The van der Waals surface area contributed by atoms with E-state index in [1.54, 1.807) is 4.90 Å². The number of morpholine rings is 1. The molecule has 6 nitrogen and oxygen atoms in total. The summed E-state index contributed by atoms with van der Waals surface area (Å²) in [7, 11) is 0. The van der Waals surface area contributed by atoms with Crippen molar-refractivity contribution in [2.75, 3.05) is 32.8 Å². The van der Waals surface area contributed by atoms with Crippen LogP contribution in [-0.2, 0) is 9.53 Å². The minimum atomic E-state index is -0.677. The average Bonchev–Trinajstić information content (AvgIpc) is 2.62. The Kier molecular flexibility index (Phi) is 6.11. The number of halogens is 2. The van der Waals surface area contributed by atoms with Crippen LogP contribution in [-0.4, -0.2) is 71.7 Å². The first-order valence-corrected chi connectivity index (χ1v) is 9.13. The van der Waals surface area contributed by atoms with Crippen LogP contribution in [0.1, 0.15) is 29.6 Å². The fourth-order valence-corrected chi connectivity index (χ4v) is 3.63. The molecule has 1 aromatic carbocycles. The van der Waals surface area contributed by atoms with Crippen LogP contribution in [0.25, 0.3) is 0 Å². The first-order valence-electron chi connectivity index (χ1n) is 8.76. The maximum absolute atomic E-state index is 14.1.